The van der Waals surface area contributed by atoms with Crippen LogP contribution in [0.4, 0.5) is 0 Å². The van der Waals surface area contributed by atoms with Crippen LogP contribution in [0, 0.1) is 12.8 Å². The second-order valence-corrected chi connectivity index (χ2v) is 8.55. The number of hydrogen-bond acceptors (Lipinski definition) is 3. The molecule has 1 saturated heterocycles. The fourth-order valence-electron chi connectivity index (χ4n) is 3.60. The first-order chi connectivity index (χ1) is 13.9. The zero-order chi connectivity index (χ0) is 20.8. The number of para-hydroxylation sites is 1. The van der Waals surface area contributed by atoms with Gasteiger partial charge in [0.2, 0.25) is 5.91 Å². The number of carbonyl (C=O) groups excluding carboxylic acids is 1. The van der Waals surface area contributed by atoms with Crippen LogP contribution in [-0.4, -0.2) is 36.5 Å². The molecule has 1 aliphatic rings. The summed E-state index contributed by atoms with van der Waals surface area (Å²) in [5, 5.41) is 4.49. The molecule has 0 aromatic heterocycles. The van der Waals surface area contributed by atoms with Gasteiger partial charge in [-0.2, -0.15) is 0 Å². The molecule has 1 N–H and O–H groups in total. The molecular weight excluding hydrogens is 407 g/mol. The lowest BCUT2D eigenvalue weighted by Gasteiger charge is -2.32. The normalized spacial score (nSPS) is 16.4. The Morgan fingerprint density at radius 2 is 1.79 bits per heavy atom. The highest BCUT2D eigenvalue weighted by Gasteiger charge is 2.26. The Kier molecular flexibility index (Phi) is 7.82. The summed E-state index contributed by atoms with van der Waals surface area (Å²) in [7, 11) is 0. The summed E-state index contributed by atoms with van der Waals surface area (Å²) in [5.74, 6) is 1.01. The highest BCUT2D eigenvalue weighted by Crippen LogP contribution is 2.27. The molecule has 156 valence electrons. The number of hydrogen-bond donors (Lipinski definition) is 1. The fraction of sp³-hybridized carbons (Fsp3) is 0.435. The quantitative estimate of drug-likeness (QED) is 0.658. The van der Waals surface area contributed by atoms with Crippen molar-refractivity contribution in [2.24, 2.45) is 5.92 Å². The molecule has 1 fully saturated rings. The van der Waals surface area contributed by atoms with Crippen LogP contribution < -0.4 is 10.1 Å². The molecule has 29 heavy (non-hydrogen) atoms. The van der Waals surface area contributed by atoms with Crippen molar-refractivity contribution in [3.05, 3.63) is 63.6 Å². The third-order valence-electron chi connectivity index (χ3n) is 5.37. The topological polar surface area (TPSA) is 41.6 Å². The monoisotopic (exact) mass is 434 g/mol. The van der Waals surface area contributed by atoms with E-state index in [0.717, 1.165) is 42.8 Å². The van der Waals surface area contributed by atoms with Crippen LogP contribution in [0.1, 0.15) is 30.9 Å². The first-order valence-corrected chi connectivity index (χ1v) is 10.8. The molecule has 0 aliphatic carbocycles. The average Bonchev–Trinajstić information content (AvgIpc) is 2.70. The van der Waals surface area contributed by atoms with Crippen molar-refractivity contribution in [2.75, 3.05) is 19.7 Å². The maximum Gasteiger partial charge on any atom is 0.223 e. The van der Waals surface area contributed by atoms with Crippen molar-refractivity contribution in [3.63, 3.8) is 0 Å². The first kappa shape index (κ1) is 21.9. The number of benzene rings is 2. The molecule has 1 aliphatic heterocycles. The molecule has 1 heterocycles. The van der Waals surface area contributed by atoms with Crippen molar-refractivity contribution < 1.29 is 9.53 Å². The fourth-order valence-corrected chi connectivity index (χ4v) is 4.11. The molecule has 6 heteroatoms. The van der Waals surface area contributed by atoms with Crippen LogP contribution >= 0.6 is 23.2 Å². The smallest absolute Gasteiger partial charge is 0.223 e. The van der Waals surface area contributed by atoms with E-state index in [1.165, 1.54) is 0 Å². The molecule has 0 unspecified atom stereocenters. The van der Waals surface area contributed by atoms with Crippen molar-refractivity contribution >= 4 is 29.1 Å². The molecule has 1 atom stereocenters. The first-order valence-electron chi connectivity index (χ1n) is 10.1. The number of amides is 1. The highest BCUT2D eigenvalue weighted by atomic mass is 35.5. The Morgan fingerprint density at radius 3 is 2.45 bits per heavy atom. The summed E-state index contributed by atoms with van der Waals surface area (Å²) < 4.78 is 5.84. The summed E-state index contributed by atoms with van der Waals surface area (Å²) in [5.41, 5.74) is 2.05. The van der Waals surface area contributed by atoms with E-state index >= 15 is 0 Å². The number of ether oxygens (including phenoxy) is 1. The Balaban J connectivity index is 1.43. The number of piperidine rings is 1. The molecule has 2 aromatic rings. The van der Waals surface area contributed by atoms with Gasteiger partial charge in [-0.15, -0.1) is 0 Å². The van der Waals surface area contributed by atoms with Gasteiger partial charge in [0.1, 0.15) is 12.4 Å². The van der Waals surface area contributed by atoms with Gasteiger partial charge >= 0.3 is 0 Å². The number of aryl methyl sites for hydroxylation is 1. The summed E-state index contributed by atoms with van der Waals surface area (Å²) in [6.07, 6.45) is 1.67. The zero-order valence-corrected chi connectivity index (χ0v) is 18.5. The van der Waals surface area contributed by atoms with Crippen LogP contribution in [0.15, 0.2) is 42.5 Å². The van der Waals surface area contributed by atoms with E-state index in [-0.39, 0.29) is 17.9 Å². The molecular formula is C23H28Cl2N2O2. The number of halogens is 2. The lowest BCUT2D eigenvalue weighted by molar-refractivity contribution is -0.127. The molecule has 0 radical (unpaired) electrons. The van der Waals surface area contributed by atoms with E-state index in [2.05, 4.69) is 10.2 Å². The SMILES string of the molecule is Cc1ccccc1OC[C@@H](C)NC(=O)C1CCN(Cc2c(Cl)cccc2Cl)CC1. The van der Waals surface area contributed by atoms with Gasteiger partial charge in [-0.1, -0.05) is 47.5 Å². The minimum absolute atomic E-state index is 0.0360. The van der Waals surface area contributed by atoms with Crippen molar-refractivity contribution in [1.29, 1.82) is 0 Å². The van der Waals surface area contributed by atoms with Gasteiger partial charge < -0.3 is 10.1 Å². The molecule has 0 saturated carbocycles. The zero-order valence-electron chi connectivity index (χ0n) is 17.0. The van der Waals surface area contributed by atoms with E-state index in [1.54, 1.807) is 0 Å². The molecule has 3 rings (SSSR count). The Labute approximate surface area is 183 Å². The lowest BCUT2D eigenvalue weighted by atomic mass is 9.95. The number of likely N-dealkylation sites (tertiary alicyclic amines) is 1. The minimum Gasteiger partial charge on any atom is -0.491 e. The molecule has 1 amide bonds. The Hall–Kier alpha value is -1.75. The Morgan fingerprint density at radius 1 is 1.14 bits per heavy atom. The Bertz CT molecular complexity index is 815. The van der Waals surface area contributed by atoms with E-state index in [1.807, 2.05) is 56.3 Å². The van der Waals surface area contributed by atoms with Gasteiger partial charge in [-0.05, 0) is 63.5 Å². The third-order valence-corrected chi connectivity index (χ3v) is 6.08. The van der Waals surface area contributed by atoms with Gasteiger partial charge in [0.05, 0.1) is 6.04 Å². The van der Waals surface area contributed by atoms with E-state index in [4.69, 9.17) is 27.9 Å². The van der Waals surface area contributed by atoms with Gasteiger partial charge in [-0.3, -0.25) is 9.69 Å². The van der Waals surface area contributed by atoms with Crippen LogP contribution in [0.3, 0.4) is 0 Å². The second-order valence-electron chi connectivity index (χ2n) is 7.74. The third kappa shape index (κ3) is 6.11. The molecule has 2 aromatic carbocycles. The van der Waals surface area contributed by atoms with Crippen LogP contribution in [0.2, 0.25) is 10.0 Å². The largest absolute Gasteiger partial charge is 0.491 e. The molecule has 0 spiro atoms. The van der Waals surface area contributed by atoms with Crippen LogP contribution in [-0.2, 0) is 11.3 Å². The van der Waals surface area contributed by atoms with Crippen molar-refractivity contribution in [1.82, 2.24) is 10.2 Å². The van der Waals surface area contributed by atoms with Crippen LogP contribution in [0.25, 0.3) is 0 Å². The highest BCUT2D eigenvalue weighted by molar-refractivity contribution is 6.35. The van der Waals surface area contributed by atoms with E-state index < -0.39 is 0 Å². The second kappa shape index (κ2) is 10.3. The van der Waals surface area contributed by atoms with E-state index in [0.29, 0.717) is 23.2 Å². The lowest BCUT2D eigenvalue weighted by Crippen LogP contribution is -2.44. The average molecular weight is 435 g/mol. The summed E-state index contributed by atoms with van der Waals surface area (Å²) >= 11 is 12.6. The number of nitrogens with one attached hydrogen (secondary N) is 1. The molecule has 0 bridgehead atoms. The minimum atomic E-state index is -0.0398. The maximum atomic E-state index is 12.6. The van der Waals surface area contributed by atoms with E-state index in [9.17, 15) is 4.79 Å². The summed E-state index contributed by atoms with van der Waals surface area (Å²) in [6, 6.07) is 13.4. The van der Waals surface area contributed by atoms with Crippen LogP contribution in [0.5, 0.6) is 5.75 Å². The van der Waals surface area contributed by atoms with Crippen molar-refractivity contribution in [2.45, 2.75) is 39.3 Å². The van der Waals surface area contributed by atoms with Gasteiger partial charge in [0, 0.05) is 28.1 Å². The number of nitrogens with zero attached hydrogens (tertiary/aromatic N) is 1. The standard InChI is InChI=1S/C23H28Cl2N2O2/c1-16-6-3-4-9-22(16)29-15-17(2)26-23(28)18-10-12-27(13-11-18)14-19-20(24)7-5-8-21(19)25/h3-9,17-18H,10-15H2,1-2H3,(H,26,28)/t17-/m1/s1. The predicted molar refractivity (Wildman–Crippen MR) is 119 cm³/mol. The van der Waals surface area contributed by atoms with Crippen molar-refractivity contribution in [3.8, 4) is 5.75 Å². The number of rotatable bonds is 7. The predicted octanol–water partition coefficient (Wildman–Crippen LogP) is 5.10. The van der Waals surface area contributed by atoms with Gasteiger partial charge in [0.15, 0.2) is 0 Å². The molecule has 4 nitrogen and oxygen atoms in total. The van der Waals surface area contributed by atoms with Gasteiger partial charge in [-0.25, -0.2) is 0 Å². The summed E-state index contributed by atoms with van der Waals surface area (Å²) in [6.45, 7) is 6.88. The summed E-state index contributed by atoms with van der Waals surface area (Å²) in [4.78, 5) is 14.9. The van der Waals surface area contributed by atoms with Gasteiger partial charge in [0.25, 0.3) is 0 Å². The maximum absolute atomic E-state index is 12.6. The number of carbonyl (C=O) groups is 1.